The minimum Gasteiger partial charge on any atom is -0.352 e. The van der Waals surface area contributed by atoms with Gasteiger partial charge in [0, 0.05) is 45.1 Å². The van der Waals surface area contributed by atoms with Gasteiger partial charge < -0.3 is 9.80 Å². The average molecular weight is 313 g/mol. The highest BCUT2D eigenvalue weighted by Crippen LogP contribution is 2.45. The number of hydrogen-bond donors (Lipinski definition) is 0. The molecule has 4 rings (SSSR count). The maximum atomic E-state index is 12.4. The summed E-state index contributed by atoms with van der Waals surface area (Å²) in [7, 11) is 1.75. The number of hydrogen-bond acceptors (Lipinski definition) is 6. The zero-order chi connectivity index (χ0) is 16.2. The summed E-state index contributed by atoms with van der Waals surface area (Å²) in [6.45, 7) is 6.43. The SMILES string of the molecule is CC(C)N1CC2(CN(C(=O)c3ncn(C)n3)C2)c2nccnc21. The van der Waals surface area contributed by atoms with E-state index in [2.05, 4.69) is 38.8 Å². The van der Waals surface area contributed by atoms with E-state index in [1.165, 1.54) is 0 Å². The molecular formula is C15H19N7O. The molecule has 8 nitrogen and oxygen atoms in total. The van der Waals surface area contributed by atoms with Gasteiger partial charge in [0.05, 0.1) is 11.1 Å². The number of anilines is 1. The Bertz CT molecular complexity index is 763. The van der Waals surface area contributed by atoms with Gasteiger partial charge in [-0.15, -0.1) is 5.10 Å². The molecule has 0 radical (unpaired) electrons. The fourth-order valence-corrected chi connectivity index (χ4v) is 3.47. The Morgan fingerprint density at radius 3 is 2.57 bits per heavy atom. The van der Waals surface area contributed by atoms with Crippen molar-refractivity contribution in [2.24, 2.45) is 7.05 Å². The summed E-state index contributed by atoms with van der Waals surface area (Å²) in [6.07, 6.45) is 5.00. The summed E-state index contributed by atoms with van der Waals surface area (Å²) in [4.78, 5) is 29.6. The van der Waals surface area contributed by atoms with E-state index >= 15 is 0 Å². The molecule has 1 saturated heterocycles. The van der Waals surface area contributed by atoms with E-state index in [4.69, 9.17) is 0 Å². The normalized spacial score (nSPS) is 18.4. The highest BCUT2D eigenvalue weighted by molar-refractivity contribution is 5.91. The van der Waals surface area contributed by atoms with Crippen molar-refractivity contribution in [3.05, 3.63) is 30.2 Å². The van der Waals surface area contributed by atoms with E-state index in [9.17, 15) is 4.79 Å². The predicted molar refractivity (Wildman–Crippen MR) is 83.1 cm³/mol. The number of rotatable bonds is 2. The van der Waals surface area contributed by atoms with Crippen molar-refractivity contribution in [3.63, 3.8) is 0 Å². The third-order valence-corrected chi connectivity index (χ3v) is 4.61. The molecule has 0 aromatic carbocycles. The third kappa shape index (κ3) is 2.01. The fraction of sp³-hybridized carbons (Fsp3) is 0.533. The lowest BCUT2D eigenvalue weighted by molar-refractivity contribution is 0.0403. The highest BCUT2D eigenvalue weighted by Gasteiger charge is 2.55. The van der Waals surface area contributed by atoms with Crippen LogP contribution in [-0.2, 0) is 12.5 Å². The van der Waals surface area contributed by atoms with Gasteiger partial charge in [-0.3, -0.25) is 14.5 Å². The third-order valence-electron chi connectivity index (χ3n) is 4.61. The lowest BCUT2D eigenvalue weighted by Gasteiger charge is -2.47. The van der Waals surface area contributed by atoms with Crippen molar-refractivity contribution in [2.45, 2.75) is 25.3 Å². The van der Waals surface area contributed by atoms with E-state index < -0.39 is 0 Å². The van der Waals surface area contributed by atoms with Crippen molar-refractivity contribution < 1.29 is 4.79 Å². The van der Waals surface area contributed by atoms with Crippen LogP contribution in [0.3, 0.4) is 0 Å². The summed E-state index contributed by atoms with van der Waals surface area (Å²) in [5.41, 5.74) is 0.893. The highest BCUT2D eigenvalue weighted by atomic mass is 16.2. The fourth-order valence-electron chi connectivity index (χ4n) is 3.47. The Labute approximate surface area is 134 Å². The maximum absolute atomic E-state index is 12.4. The van der Waals surface area contributed by atoms with Gasteiger partial charge in [-0.1, -0.05) is 0 Å². The first-order valence-electron chi connectivity index (χ1n) is 7.73. The largest absolute Gasteiger partial charge is 0.352 e. The Morgan fingerprint density at radius 2 is 1.91 bits per heavy atom. The van der Waals surface area contributed by atoms with Crippen molar-refractivity contribution in [2.75, 3.05) is 24.5 Å². The monoisotopic (exact) mass is 313 g/mol. The molecule has 120 valence electrons. The van der Waals surface area contributed by atoms with E-state index in [-0.39, 0.29) is 17.1 Å². The first-order chi connectivity index (χ1) is 11.0. The molecule has 0 saturated carbocycles. The van der Waals surface area contributed by atoms with Gasteiger partial charge in [-0.05, 0) is 13.8 Å². The van der Waals surface area contributed by atoms with Crippen LogP contribution >= 0.6 is 0 Å². The smallest absolute Gasteiger partial charge is 0.293 e. The Kier molecular flexibility index (Phi) is 2.91. The number of amides is 1. The number of aromatic nitrogens is 5. The molecule has 1 fully saturated rings. The van der Waals surface area contributed by atoms with Gasteiger partial charge in [0.15, 0.2) is 5.82 Å². The van der Waals surface area contributed by atoms with Crippen LogP contribution in [0.25, 0.3) is 0 Å². The number of fused-ring (bicyclic) bond motifs is 2. The molecule has 4 heterocycles. The quantitative estimate of drug-likeness (QED) is 0.789. The van der Waals surface area contributed by atoms with Crippen LogP contribution in [0, 0.1) is 0 Å². The number of nitrogens with zero attached hydrogens (tertiary/aromatic N) is 7. The van der Waals surface area contributed by atoms with Gasteiger partial charge >= 0.3 is 0 Å². The van der Waals surface area contributed by atoms with Crippen LogP contribution in [0.5, 0.6) is 0 Å². The van der Waals surface area contributed by atoms with Crippen LogP contribution in [0.1, 0.15) is 30.2 Å². The zero-order valence-corrected chi connectivity index (χ0v) is 13.5. The molecule has 2 aliphatic heterocycles. The molecule has 23 heavy (non-hydrogen) atoms. The summed E-state index contributed by atoms with van der Waals surface area (Å²) >= 11 is 0. The number of aryl methyl sites for hydroxylation is 1. The summed E-state index contributed by atoms with van der Waals surface area (Å²) < 4.78 is 1.54. The average Bonchev–Trinajstić information content (AvgIpc) is 3.07. The first kappa shape index (κ1) is 14.1. The molecule has 2 aromatic heterocycles. The van der Waals surface area contributed by atoms with Crippen molar-refractivity contribution in [1.82, 2.24) is 29.6 Å². The number of carbonyl (C=O) groups is 1. The zero-order valence-electron chi connectivity index (χ0n) is 13.5. The number of carbonyl (C=O) groups excluding carboxylic acids is 1. The number of likely N-dealkylation sites (tertiary alicyclic amines) is 1. The minimum absolute atomic E-state index is 0.113. The topological polar surface area (TPSA) is 80.0 Å². The van der Waals surface area contributed by atoms with Crippen LogP contribution in [0.4, 0.5) is 5.82 Å². The van der Waals surface area contributed by atoms with E-state index in [0.29, 0.717) is 19.1 Å². The van der Waals surface area contributed by atoms with Gasteiger partial charge in [0.25, 0.3) is 5.91 Å². The summed E-state index contributed by atoms with van der Waals surface area (Å²) in [5.74, 6) is 1.08. The van der Waals surface area contributed by atoms with Crippen molar-refractivity contribution in [1.29, 1.82) is 0 Å². The van der Waals surface area contributed by atoms with E-state index in [0.717, 1.165) is 18.1 Å². The van der Waals surface area contributed by atoms with Crippen LogP contribution in [0.15, 0.2) is 18.7 Å². The molecule has 1 spiro atoms. The molecule has 1 amide bonds. The predicted octanol–water partition coefficient (Wildman–Crippen LogP) is 0.227. The molecule has 0 unspecified atom stereocenters. The summed E-state index contributed by atoms with van der Waals surface area (Å²) in [6, 6.07) is 0.354. The Balaban J connectivity index is 1.58. The molecule has 2 aliphatic rings. The van der Waals surface area contributed by atoms with Gasteiger partial charge in [-0.25, -0.2) is 9.97 Å². The van der Waals surface area contributed by atoms with Crippen LogP contribution < -0.4 is 4.90 Å². The van der Waals surface area contributed by atoms with Crippen molar-refractivity contribution >= 4 is 11.7 Å². The van der Waals surface area contributed by atoms with Gasteiger partial charge in [0.2, 0.25) is 5.82 Å². The molecule has 0 N–H and O–H groups in total. The first-order valence-corrected chi connectivity index (χ1v) is 7.73. The maximum Gasteiger partial charge on any atom is 0.293 e. The van der Waals surface area contributed by atoms with Crippen LogP contribution in [-0.4, -0.2) is 61.2 Å². The van der Waals surface area contributed by atoms with Crippen molar-refractivity contribution in [3.8, 4) is 0 Å². The second-order valence-corrected chi connectivity index (χ2v) is 6.63. The van der Waals surface area contributed by atoms with Gasteiger partial charge in [0.1, 0.15) is 6.33 Å². The van der Waals surface area contributed by atoms with E-state index in [1.807, 2.05) is 0 Å². The second-order valence-electron chi connectivity index (χ2n) is 6.63. The standard InChI is InChI=1S/C15H19N7O/c1-10(2)22-8-15(11-13(22)17-5-4-16-11)6-21(7-15)14(23)12-18-9-20(3)19-12/h4-5,9-10H,6-8H2,1-3H3. The molecule has 8 heteroatoms. The molecular weight excluding hydrogens is 294 g/mol. The van der Waals surface area contributed by atoms with Gasteiger partial charge in [-0.2, -0.15) is 0 Å². The lowest BCUT2D eigenvalue weighted by atomic mass is 9.78. The Morgan fingerprint density at radius 1 is 1.17 bits per heavy atom. The molecule has 2 aromatic rings. The van der Waals surface area contributed by atoms with E-state index in [1.54, 1.807) is 35.4 Å². The molecule has 0 atom stereocenters. The second kappa shape index (κ2) is 4.74. The summed E-state index contributed by atoms with van der Waals surface area (Å²) in [5, 5.41) is 4.09. The van der Waals surface area contributed by atoms with Crippen LogP contribution in [0.2, 0.25) is 0 Å². The Hall–Kier alpha value is -2.51. The molecule has 0 bridgehead atoms. The molecule has 0 aliphatic carbocycles. The minimum atomic E-state index is -0.121. The lowest BCUT2D eigenvalue weighted by Crippen LogP contribution is -2.63.